The Bertz CT molecular complexity index is 4620. The van der Waals surface area contributed by atoms with E-state index in [1.54, 1.807) is 22.3 Å². The summed E-state index contributed by atoms with van der Waals surface area (Å²) < 4.78 is 0. The average molecular weight is 1280 g/mol. The van der Waals surface area contributed by atoms with Crippen LogP contribution in [0.1, 0.15) is 301 Å². The Hall–Kier alpha value is -8.58. The Balaban J connectivity index is 0.000000106. The van der Waals surface area contributed by atoms with Crippen molar-refractivity contribution in [2.45, 2.75) is 215 Å². The summed E-state index contributed by atoms with van der Waals surface area (Å²) >= 11 is 0. The van der Waals surface area contributed by atoms with Gasteiger partial charge < -0.3 is 0 Å². The standard InChI is InChI=1S/C18H20.2C16H18.C16H14.2C16H18/c1-11-5-7-15-14(4)18-10-12(2)6-8-16(18)13(3)17(15)9-11;3*1-9-5-13-7-16-12(4)10(2)6-14(16)8-15(13)11(9)3;2*1-9-5-13-11(3)15-7-10(2)8-16(15)12(4)14(13)6-9/h5-10,13-14H,1-4H3;7-8H,5-6H2,1-4H3;5-8,11-12H,1-4H3;5-8H,3-4H2,1-2H3;2*5,8H,6-7H2,1-4H3. The van der Waals surface area contributed by atoms with Gasteiger partial charge in [-0.15, -0.1) is 0 Å². The van der Waals surface area contributed by atoms with E-state index in [4.69, 9.17) is 0 Å². The predicted octanol–water partition coefficient (Wildman–Crippen LogP) is 27.0. The lowest BCUT2D eigenvalue weighted by molar-refractivity contribution is 0.769. The summed E-state index contributed by atoms with van der Waals surface area (Å²) in [4.78, 5) is 0. The van der Waals surface area contributed by atoms with E-state index in [2.05, 4.69) is 287 Å². The third kappa shape index (κ3) is 12.0. The maximum atomic E-state index is 4.13. The molecule has 0 N–H and O–H groups in total. The lowest BCUT2D eigenvalue weighted by Gasteiger charge is -2.31. The molecule has 0 amide bonds. The Morgan fingerprint density at radius 1 is 0.286 bits per heavy atom. The van der Waals surface area contributed by atoms with Crippen LogP contribution in [-0.2, 0) is 38.5 Å². The summed E-state index contributed by atoms with van der Waals surface area (Å²) in [5, 5.41) is 0. The fraction of sp³-hybridized carbons (Fsp3) is 0.327. The molecule has 0 heteroatoms. The van der Waals surface area contributed by atoms with Crippen molar-refractivity contribution in [1.82, 2.24) is 0 Å². The van der Waals surface area contributed by atoms with Crippen LogP contribution in [0.2, 0.25) is 0 Å². The van der Waals surface area contributed by atoms with Crippen LogP contribution in [-0.4, -0.2) is 0 Å². The van der Waals surface area contributed by atoms with Crippen molar-refractivity contribution in [3.8, 4) is 0 Å². The van der Waals surface area contributed by atoms with Crippen LogP contribution in [0.5, 0.6) is 0 Å². The van der Waals surface area contributed by atoms with Gasteiger partial charge in [-0.05, 0) is 365 Å². The molecule has 7 aromatic carbocycles. The molecule has 11 aliphatic rings. The highest BCUT2D eigenvalue weighted by atomic mass is 14.3. The molecule has 0 aromatic heterocycles. The van der Waals surface area contributed by atoms with Gasteiger partial charge in [0.05, 0.1) is 0 Å². The first-order valence-corrected chi connectivity index (χ1v) is 36.6. The van der Waals surface area contributed by atoms with Crippen molar-refractivity contribution in [2.75, 3.05) is 0 Å². The van der Waals surface area contributed by atoms with Crippen LogP contribution in [0.25, 0.3) is 70.9 Å². The number of hydrogen-bond donors (Lipinski definition) is 0. The van der Waals surface area contributed by atoms with Crippen molar-refractivity contribution in [3.63, 3.8) is 0 Å². The predicted molar refractivity (Wildman–Crippen MR) is 431 cm³/mol. The van der Waals surface area contributed by atoms with Gasteiger partial charge in [0.25, 0.3) is 0 Å². The summed E-state index contributed by atoms with van der Waals surface area (Å²) in [5.41, 5.74) is 64.1. The Morgan fingerprint density at radius 3 is 0.918 bits per heavy atom. The van der Waals surface area contributed by atoms with Gasteiger partial charge in [0.15, 0.2) is 0 Å². The topological polar surface area (TPSA) is 0 Å². The minimum Gasteiger partial charge on any atom is -0.0909 e. The van der Waals surface area contributed by atoms with Gasteiger partial charge in [-0.3, -0.25) is 0 Å². The molecular weight excluding hydrogens is 1180 g/mol. The van der Waals surface area contributed by atoms with Crippen LogP contribution < -0.4 is 0 Å². The van der Waals surface area contributed by atoms with Crippen LogP contribution in [0.15, 0.2) is 142 Å². The van der Waals surface area contributed by atoms with Gasteiger partial charge in [0.2, 0.25) is 0 Å². The maximum Gasteiger partial charge on any atom is 0.00670 e. The van der Waals surface area contributed by atoms with Gasteiger partial charge >= 0.3 is 0 Å². The number of allylic oxidation sites excluding steroid dienone is 14. The highest BCUT2D eigenvalue weighted by Gasteiger charge is 2.31. The molecule has 11 aliphatic carbocycles. The van der Waals surface area contributed by atoms with Crippen molar-refractivity contribution in [2.24, 2.45) is 0 Å². The molecule has 0 heterocycles. The first-order valence-electron chi connectivity index (χ1n) is 36.6. The monoisotopic (exact) mass is 1280 g/mol. The molecule has 0 spiro atoms. The summed E-state index contributed by atoms with van der Waals surface area (Å²) in [6, 6.07) is 28.0. The number of rotatable bonds is 0. The summed E-state index contributed by atoms with van der Waals surface area (Å²) in [7, 11) is 0. The van der Waals surface area contributed by atoms with E-state index in [-0.39, 0.29) is 0 Å². The third-order valence-electron chi connectivity index (χ3n) is 24.7. The molecule has 0 radical (unpaired) electrons. The third-order valence-corrected chi connectivity index (χ3v) is 24.7. The molecule has 498 valence electrons. The molecule has 0 aliphatic heterocycles. The molecular formula is C98H106. The van der Waals surface area contributed by atoms with E-state index in [1.165, 1.54) is 212 Å². The highest BCUT2D eigenvalue weighted by Crippen LogP contribution is 2.48. The number of fused-ring (bicyclic) bond motifs is 12. The van der Waals surface area contributed by atoms with Gasteiger partial charge in [-0.25, -0.2) is 0 Å². The second-order valence-electron chi connectivity index (χ2n) is 31.7. The molecule has 0 bridgehead atoms. The molecule has 0 saturated heterocycles. The molecule has 7 aromatic rings. The Morgan fingerprint density at radius 2 is 0.602 bits per heavy atom. The van der Waals surface area contributed by atoms with E-state index in [0.717, 1.165) is 49.7 Å². The second-order valence-corrected chi connectivity index (χ2v) is 31.7. The van der Waals surface area contributed by atoms with Crippen LogP contribution >= 0.6 is 0 Å². The zero-order valence-electron chi connectivity index (χ0n) is 63.5. The summed E-state index contributed by atoms with van der Waals surface area (Å²) in [6.45, 7) is 57.8. The molecule has 0 saturated carbocycles. The molecule has 0 fully saturated rings. The summed E-state index contributed by atoms with van der Waals surface area (Å²) in [5.74, 6) is 2.24. The average Bonchev–Trinajstić information content (AvgIpc) is 1.51. The van der Waals surface area contributed by atoms with Crippen LogP contribution in [0.4, 0.5) is 0 Å². The van der Waals surface area contributed by atoms with Gasteiger partial charge in [-0.1, -0.05) is 206 Å². The minimum atomic E-state index is 0.520. The first kappa shape index (κ1) is 68.0. The summed E-state index contributed by atoms with van der Waals surface area (Å²) in [6.07, 6.45) is 25.6. The smallest absolute Gasteiger partial charge is 0.00670 e. The largest absolute Gasteiger partial charge is 0.0909 e. The van der Waals surface area contributed by atoms with Crippen molar-refractivity contribution < 1.29 is 0 Å². The van der Waals surface area contributed by atoms with Crippen LogP contribution in [0.3, 0.4) is 0 Å². The van der Waals surface area contributed by atoms with E-state index in [1.807, 2.05) is 0 Å². The van der Waals surface area contributed by atoms with E-state index in [0.29, 0.717) is 23.7 Å². The molecule has 4 unspecified atom stereocenters. The quantitative estimate of drug-likeness (QED) is 0.142. The lowest BCUT2D eigenvalue weighted by Crippen LogP contribution is -2.15. The van der Waals surface area contributed by atoms with Gasteiger partial charge in [0, 0.05) is 23.7 Å². The minimum absolute atomic E-state index is 0.520. The fourth-order valence-electron chi connectivity index (χ4n) is 18.0. The maximum absolute atomic E-state index is 4.13. The van der Waals surface area contributed by atoms with Gasteiger partial charge in [0.1, 0.15) is 0 Å². The first-order chi connectivity index (χ1) is 46.5. The SMILES string of the molecule is C=C1C(C)=Cc2cc3c(cc21)C=C(C)C3=C.CC1=C(C)c2cc3c(cc2C1)C(C)=C(C)C3.CC1=Cc2c(C)c3c(c(C)c2C1)C=C(C)C3.CC1=Cc2c(C)c3c(c(C)c2C1)C=C(C)C3.CC1=Cc2cc3c(cc2C1C)C=C(C)C3C.Cc1ccc2c(c1)C(C)c1ccc(C)cc1C2C. The number of hydrogen-bond acceptors (Lipinski definition) is 0. The zero-order chi connectivity index (χ0) is 70.1. The van der Waals surface area contributed by atoms with E-state index in [9.17, 15) is 0 Å². The van der Waals surface area contributed by atoms with Crippen LogP contribution in [0, 0.1) is 41.5 Å². The van der Waals surface area contributed by atoms with Crippen molar-refractivity contribution in [1.29, 1.82) is 0 Å². The molecule has 4 atom stereocenters. The van der Waals surface area contributed by atoms with E-state index < -0.39 is 0 Å². The van der Waals surface area contributed by atoms with E-state index >= 15 is 0 Å². The lowest BCUT2D eigenvalue weighted by atomic mass is 9.73. The Labute approximate surface area is 590 Å². The zero-order valence-corrected chi connectivity index (χ0v) is 63.5. The van der Waals surface area contributed by atoms with Gasteiger partial charge in [-0.2, -0.15) is 0 Å². The van der Waals surface area contributed by atoms with Crippen molar-refractivity contribution >= 4 is 70.9 Å². The van der Waals surface area contributed by atoms with Crippen molar-refractivity contribution in [3.05, 3.63) is 309 Å². The molecule has 0 nitrogen and oxygen atoms in total. The second kappa shape index (κ2) is 25.9. The normalized spacial score (nSPS) is 19.5. The fourth-order valence-corrected chi connectivity index (χ4v) is 18.0. The number of aryl methyl sites for hydroxylation is 2. The molecule has 18 rings (SSSR count). The molecule has 98 heavy (non-hydrogen) atoms. The number of benzene rings is 7. The Kier molecular flexibility index (Phi) is 18.0. The highest BCUT2D eigenvalue weighted by molar-refractivity contribution is 6.00.